The molecule has 1 heterocycles. The zero-order valence-electron chi connectivity index (χ0n) is 9.34. The van der Waals surface area contributed by atoms with Crippen molar-refractivity contribution in [1.29, 1.82) is 0 Å². The Kier molecular flexibility index (Phi) is 4.74. The van der Waals surface area contributed by atoms with Gasteiger partial charge in [-0.3, -0.25) is 0 Å². The van der Waals surface area contributed by atoms with E-state index in [2.05, 4.69) is 31.0 Å². The van der Waals surface area contributed by atoms with E-state index in [9.17, 15) is 0 Å². The van der Waals surface area contributed by atoms with Gasteiger partial charge in [-0.15, -0.1) is 0 Å². The first-order valence-corrected chi connectivity index (χ1v) is 5.71. The maximum absolute atomic E-state index is 3.47. The average molecular weight is 184 g/mol. The summed E-state index contributed by atoms with van der Waals surface area (Å²) in [5.41, 5.74) is 0. The van der Waals surface area contributed by atoms with Gasteiger partial charge in [0, 0.05) is 6.54 Å². The van der Waals surface area contributed by atoms with Crippen molar-refractivity contribution in [2.75, 3.05) is 32.7 Å². The molecule has 0 aromatic rings. The van der Waals surface area contributed by atoms with Crippen molar-refractivity contribution in [3.63, 3.8) is 0 Å². The van der Waals surface area contributed by atoms with Crippen LogP contribution >= 0.6 is 0 Å². The molecule has 2 nitrogen and oxygen atoms in total. The van der Waals surface area contributed by atoms with Crippen molar-refractivity contribution in [2.24, 2.45) is 11.8 Å². The first-order chi connectivity index (χ1) is 6.27. The van der Waals surface area contributed by atoms with Crippen LogP contribution in [0.3, 0.4) is 0 Å². The lowest BCUT2D eigenvalue weighted by Crippen LogP contribution is -2.32. The summed E-state index contributed by atoms with van der Waals surface area (Å²) in [6.45, 7) is 13.1. The lowest BCUT2D eigenvalue weighted by molar-refractivity contribution is 0.228. The van der Waals surface area contributed by atoms with Gasteiger partial charge in [0.1, 0.15) is 0 Å². The maximum atomic E-state index is 3.47. The summed E-state index contributed by atoms with van der Waals surface area (Å²) in [6, 6.07) is 0. The molecule has 13 heavy (non-hydrogen) atoms. The van der Waals surface area contributed by atoms with Crippen LogP contribution in [-0.2, 0) is 0 Å². The zero-order chi connectivity index (χ0) is 9.68. The van der Waals surface area contributed by atoms with Crippen LogP contribution in [0.5, 0.6) is 0 Å². The molecule has 1 aliphatic rings. The Labute approximate surface area is 82.7 Å². The standard InChI is InChI=1S/C11H24N2/c1-4-6-13(5-2)9-11-8-12-7-10(11)3/h10-12H,4-9H2,1-3H3/t10-,11+/m1/s1. The van der Waals surface area contributed by atoms with Gasteiger partial charge in [-0.05, 0) is 44.4 Å². The molecule has 2 heteroatoms. The van der Waals surface area contributed by atoms with Crippen molar-refractivity contribution >= 4 is 0 Å². The van der Waals surface area contributed by atoms with Crippen molar-refractivity contribution in [3.8, 4) is 0 Å². The molecule has 0 radical (unpaired) electrons. The van der Waals surface area contributed by atoms with Gasteiger partial charge in [0.15, 0.2) is 0 Å². The normalized spacial score (nSPS) is 28.6. The molecule has 0 amide bonds. The zero-order valence-corrected chi connectivity index (χ0v) is 9.34. The quantitative estimate of drug-likeness (QED) is 0.698. The van der Waals surface area contributed by atoms with Gasteiger partial charge in [-0.2, -0.15) is 0 Å². The molecule has 1 N–H and O–H groups in total. The molecule has 1 rings (SSSR count). The van der Waals surface area contributed by atoms with Gasteiger partial charge in [-0.1, -0.05) is 20.8 Å². The number of rotatable bonds is 5. The number of hydrogen-bond donors (Lipinski definition) is 1. The fourth-order valence-corrected chi connectivity index (χ4v) is 2.14. The predicted molar refractivity (Wildman–Crippen MR) is 57.9 cm³/mol. The fourth-order valence-electron chi connectivity index (χ4n) is 2.14. The third-order valence-electron chi connectivity index (χ3n) is 3.16. The Balaban J connectivity index is 2.27. The first kappa shape index (κ1) is 11.0. The molecule has 0 aliphatic carbocycles. The summed E-state index contributed by atoms with van der Waals surface area (Å²) in [5.74, 6) is 1.75. The molecule has 0 aromatic carbocycles. The van der Waals surface area contributed by atoms with Gasteiger partial charge in [0.25, 0.3) is 0 Å². The lowest BCUT2D eigenvalue weighted by Gasteiger charge is -2.25. The van der Waals surface area contributed by atoms with Gasteiger partial charge >= 0.3 is 0 Å². The summed E-state index contributed by atoms with van der Waals surface area (Å²) in [7, 11) is 0. The molecule has 0 aromatic heterocycles. The van der Waals surface area contributed by atoms with Gasteiger partial charge in [0.2, 0.25) is 0 Å². The largest absolute Gasteiger partial charge is 0.316 e. The van der Waals surface area contributed by atoms with E-state index in [-0.39, 0.29) is 0 Å². The fraction of sp³-hybridized carbons (Fsp3) is 1.00. The summed E-state index contributed by atoms with van der Waals surface area (Å²) in [5, 5.41) is 3.47. The van der Waals surface area contributed by atoms with Crippen LogP contribution in [0, 0.1) is 11.8 Å². The molecule has 0 bridgehead atoms. The maximum Gasteiger partial charge on any atom is 0.00247 e. The van der Waals surface area contributed by atoms with Crippen molar-refractivity contribution in [1.82, 2.24) is 10.2 Å². The summed E-state index contributed by atoms with van der Waals surface area (Å²) >= 11 is 0. The molecule has 0 saturated carbocycles. The predicted octanol–water partition coefficient (Wildman–Crippen LogP) is 1.57. The Morgan fingerprint density at radius 2 is 2.08 bits per heavy atom. The Bertz CT molecular complexity index is 136. The van der Waals surface area contributed by atoms with Gasteiger partial charge in [0.05, 0.1) is 0 Å². The van der Waals surface area contributed by atoms with E-state index in [1.54, 1.807) is 0 Å². The molecule has 0 spiro atoms. The van der Waals surface area contributed by atoms with Crippen LogP contribution in [-0.4, -0.2) is 37.6 Å². The minimum atomic E-state index is 0.867. The Hall–Kier alpha value is -0.0800. The molecule has 1 saturated heterocycles. The smallest absolute Gasteiger partial charge is 0.00247 e. The topological polar surface area (TPSA) is 15.3 Å². The molecule has 78 valence electrons. The average Bonchev–Trinajstić information content (AvgIpc) is 2.51. The number of hydrogen-bond acceptors (Lipinski definition) is 2. The van der Waals surface area contributed by atoms with Crippen LogP contribution in [0.25, 0.3) is 0 Å². The third-order valence-corrected chi connectivity index (χ3v) is 3.16. The molecular weight excluding hydrogens is 160 g/mol. The van der Waals surface area contributed by atoms with Crippen molar-refractivity contribution in [2.45, 2.75) is 27.2 Å². The van der Waals surface area contributed by atoms with Crippen molar-refractivity contribution in [3.05, 3.63) is 0 Å². The minimum absolute atomic E-state index is 0.867. The van der Waals surface area contributed by atoms with E-state index in [1.807, 2.05) is 0 Å². The van der Waals surface area contributed by atoms with Crippen LogP contribution in [0.2, 0.25) is 0 Å². The SMILES string of the molecule is CCCN(CC)C[C@@H]1CNC[C@H]1C. The van der Waals surface area contributed by atoms with E-state index >= 15 is 0 Å². The van der Waals surface area contributed by atoms with Crippen LogP contribution in [0.4, 0.5) is 0 Å². The summed E-state index contributed by atoms with van der Waals surface area (Å²) < 4.78 is 0. The van der Waals surface area contributed by atoms with Gasteiger partial charge in [-0.25, -0.2) is 0 Å². The van der Waals surface area contributed by atoms with E-state index < -0.39 is 0 Å². The van der Waals surface area contributed by atoms with Crippen LogP contribution in [0.15, 0.2) is 0 Å². The van der Waals surface area contributed by atoms with Crippen LogP contribution < -0.4 is 5.32 Å². The van der Waals surface area contributed by atoms with E-state index in [0.29, 0.717) is 0 Å². The lowest BCUT2D eigenvalue weighted by atomic mass is 9.97. The summed E-state index contributed by atoms with van der Waals surface area (Å²) in [4.78, 5) is 2.58. The van der Waals surface area contributed by atoms with Crippen molar-refractivity contribution < 1.29 is 0 Å². The second-order valence-electron chi connectivity index (χ2n) is 4.29. The van der Waals surface area contributed by atoms with E-state index in [0.717, 1.165) is 11.8 Å². The molecule has 1 fully saturated rings. The first-order valence-electron chi connectivity index (χ1n) is 5.71. The number of nitrogens with one attached hydrogen (secondary N) is 1. The van der Waals surface area contributed by atoms with Crippen LogP contribution in [0.1, 0.15) is 27.2 Å². The monoisotopic (exact) mass is 184 g/mol. The van der Waals surface area contributed by atoms with E-state index in [4.69, 9.17) is 0 Å². The highest BCUT2D eigenvalue weighted by Crippen LogP contribution is 2.16. The van der Waals surface area contributed by atoms with E-state index in [1.165, 1.54) is 39.1 Å². The molecule has 0 unspecified atom stereocenters. The summed E-state index contributed by atoms with van der Waals surface area (Å²) in [6.07, 6.45) is 1.28. The highest BCUT2D eigenvalue weighted by Gasteiger charge is 2.24. The molecular formula is C11H24N2. The minimum Gasteiger partial charge on any atom is -0.316 e. The third kappa shape index (κ3) is 3.28. The Morgan fingerprint density at radius 3 is 2.54 bits per heavy atom. The second-order valence-corrected chi connectivity index (χ2v) is 4.29. The van der Waals surface area contributed by atoms with Gasteiger partial charge < -0.3 is 10.2 Å². The molecule has 2 atom stereocenters. The Morgan fingerprint density at radius 1 is 1.31 bits per heavy atom. The molecule has 1 aliphatic heterocycles. The highest BCUT2D eigenvalue weighted by atomic mass is 15.1. The highest BCUT2D eigenvalue weighted by molar-refractivity contribution is 4.80. The number of nitrogens with zero attached hydrogens (tertiary/aromatic N) is 1. The second kappa shape index (κ2) is 5.61.